The van der Waals surface area contributed by atoms with Crippen LogP contribution in [0.5, 0.6) is 0 Å². The Labute approximate surface area is 152 Å². The Hall–Kier alpha value is -2.03. The summed E-state index contributed by atoms with van der Waals surface area (Å²) in [4.78, 5) is 11.1. The molecule has 1 N–H and O–H groups in total. The first-order valence-corrected chi connectivity index (χ1v) is 9.17. The van der Waals surface area contributed by atoms with Gasteiger partial charge in [-0.2, -0.15) is 0 Å². The number of benzene rings is 1. The number of rotatable bonds is 6. The van der Waals surface area contributed by atoms with Crippen molar-refractivity contribution < 1.29 is 14.6 Å². The van der Waals surface area contributed by atoms with Gasteiger partial charge in [-0.3, -0.25) is 0 Å². The number of aromatic carboxylic acids is 1. The van der Waals surface area contributed by atoms with Crippen molar-refractivity contribution in [1.82, 2.24) is 0 Å². The summed E-state index contributed by atoms with van der Waals surface area (Å²) < 4.78 is 5.00. The molecule has 1 saturated carbocycles. The molecule has 0 aliphatic heterocycles. The number of hydrogen-bond acceptors (Lipinski definition) is 2. The third-order valence-corrected chi connectivity index (χ3v) is 4.93. The third kappa shape index (κ3) is 5.77. The summed E-state index contributed by atoms with van der Waals surface area (Å²) >= 11 is 0. The number of carboxylic acid groups (broad SMARTS) is 1. The summed E-state index contributed by atoms with van der Waals surface area (Å²) in [7, 11) is 0. The van der Waals surface area contributed by atoms with E-state index in [-0.39, 0.29) is 5.41 Å². The molecule has 3 heteroatoms. The van der Waals surface area contributed by atoms with Crippen molar-refractivity contribution in [3.05, 3.63) is 59.9 Å². The lowest BCUT2D eigenvalue weighted by Crippen LogP contribution is -2.30. The number of hydrogen-bond donors (Lipinski definition) is 1. The topological polar surface area (TPSA) is 46.5 Å². The van der Waals surface area contributed by atoms with Crippen molar-refractivity contribution in [3.63, 3.8) is 0 Å². The van der Waals surface area contributed by atoms with Crippen LogP contribution in [-0.2, 0) is 10.2 Å². The van der Waals surface area contributed by atoms with E-state index in [1.807, 2.05) is 32.0 Å². The van der Waals surface area contributed by atoms with Gasteiger partial charge < -0.3 is 9.84 Å². The molecule has 0 unspecified atom stereocenters. The fourth-order valence-corrected chi connectivity index (χ4v) is 3.37. The molecule has 1 aromatic carbocycles. The summed E-state index contributed by atoms with van der Waals surface area (Å²) in [6.45, 7) is 14.6. The van der Waals surface area contributed by atoms with Gasteiger partial charge in [-0.05, 0) is 44.4 Å². The van der Waals surface area contributed by atoms with E-state index in [2.05, 4.69) is 20.1 Å². The van der Waals surface area contributed by atoms with Crippen LogP contribution >= 0.6 is 0 Å². The van der Waals surface area contributed by atoms with Gasteiger partial charge >= 0.3 is 5.97 Å². The van der Waals surface area contributed by atoms with E-state index in [0.29, 0.717) is 5.56 Å². The van der Waals surface area contributed by atoms with Crippen molar-refractivity contribution in [2.24, 2.45) is 0 Å². The molecule has 0 aromatic heterocycles. The lowest BCUT2D eigenvalue weighted by atomic mass is 9.65. The second-order valence-corrected chi connectivity index (χ2v) is 6.63. The second-order valence-electron chi connectivity index (χ2n) is 6.63. The standard InChI is InChI=1S/C16H20O2.C6H12O/c1-12(2)16(9-4-3-5-10-16)14-8-6-7-13(11-14)15(17)18;1-4-6(3)7-5-2/h6-8,11H,1,3-5,9-10H2,2H3,(H,17,18);3-5H2,1-2H3. The summed E-state index contributed by atoms with van der Waals surface area (Å²) in [5.41, 5.74) is 2.64. The van der Waals surface area contributed by atoms with Crippen LogP contribution < -0.4 is 0 Å². The van der Waals surface area contributed by atoms with E-state index in [0.717, 1.165) is 42.8 Å². The number of carboxylic acids is 1. The Morgan fingerprint density at radius 2 is 1.84 bits per heavy atom. The van der Waals surface area contributed by atoms with Crippen molar-refractivity contribution >= 4 is 5.97 Å². The minimum absolute atomic E-state index is 0.0102. The molecule has 2 rings (SSSR count). The summed E-state index contributed by atoms with van der Waals surface area (Å²) in [6, 6.07) is 7.37. The zero-order valence-corrected chi connectivity index (χ0v) is 15.9. The highest BCUT2D eigenvalue weighted by atomic mass is 16.5. The fraction of sp³-hybridized carbons (Fsp3) is 0.500. The summed E-state index contributed by atoms with van der Waals surface area (Å²) in [6.07, 6.45) is 6.77. The monoisotopic (exact) mass is 344 g/mol. The van der Waals surface area contributed by atoms with Gasteiger partial charge in [-0.15, -0.1) is 0 Å². The van der Waals surface area contributed by atoms with Gasteiger partial charge in [0.15, 0.2) is 0 Å². The molecule has 1 aromatic rings. The average molecular weight is 344 g/mol. The van der Waals surface area contributed by atoms with Crippen LogP contribution in [0.4, 0.5) is 0 Å². The highest BCUT2D eigenvalue weighted by Crippen LogP contribution is 2.44. The van der Waals surface area contributed by atoms with Crippen molar-refractivity contribution in [2.45, 2.75) is 64.7 Å². The van der Waals surface area contributed by atoms with Crippen LogP contribution in [0.3, 0.4) is 0 Å². The summed E-state index contributed by atoms with van der Waals surface area (Å²) in [5.74, 6) is 0.0204. The molecule has 1 aliphatic carbocycles. The molecule has 0 spiro atoms. The smallest absolute Gasteiger partial charge is 0.335 e. The van der Waals surface area contributed by atoms with Gasteiger partial charge in [0.2, 0.25) is 0 Å². The summed E-state index contributed by atoms with van der Waals surface area (Å²) in [5, 5.41) is 9.11. The van der Waals surface area contributed by atoms with E-state index in [1.165, 1.54) is 19.3 Å². The van der Waals surface area contributed by atoms with E-state index in [9.17, 15) is 4.79 Å². The van der Waals surface area contributed by atoms with Gasteiger partial charge in [0.05, 0.1) is 17.9 Å². The van der Waals surface area contributed by atoms with E-state index >= 15 is 0 Å². The van der Waals surface area contributed by atoms with Crippen LogP contribution in [0, 0.1) is 0 Å². The van der Waals surface area contributed by atoms with Gasteiger partial charge in [0.25, 0.3) is 0 Å². The molecule has 0 saturated heterocycles. The number of allylic oxidation sites excluding steroid dienone is 2. The molecular formula is C22H32O3. The van der Waals surface area contributed by atoms with Gasteiger partial charge in [0.1, 0.15) is 0 Å². The molecule has 25 heavy (non-hydrogen) atoms. The molecule has 0 radical (unpaired) electrons. The molecule has 1 aliphatic rings. The van der Waals surface area contributed by atoms with Gasteiger partial charge in [-0.1, -0.05) is 57.0 Å². The molecule has 1 fully saturated rings. The minimum atomic E-state index is -0.857. The lowest BCUT2D eigenvalue weighted by molar-refractivity contribution is 0.0696. The molecule has 3 nitrogen and oxygen atoms in total. The zero-order valence-electron chi connectivity index (χ0n) is 15.9. The average Bonchev–Trinajstić information content (AvgIpc) is 2.63. The first-order chi connectivity index (χ1) is 11.9. The third-order valence-electron chi connectivity index (χ3n) is 4.93. The van der Waals surface area contributed by atoms with Crippen LogP contribution in [0.25, 0.3) is 0 Å². The van der Waals surface area contributed by atoms with Crippen LogP contribution in [0.2, 0.25) is 0 Å². The predicted octanol–water partition coefficient (Wildman–Crippen LogP) is 6.11. The van der Waals surface area contributed by atoms with Crippen molar-refractivity contribution in [3.8, 4) is 0 Å². The Kier molecular flexibility index (Phi) is 8.47. The van der Waals surface area contributed by atoms with Crippen LogP contribution in [0.1, 0.15) is 75.2 Å². The zero-order chi connectivity index (χ0) is 18.9. The number of ether oxygens (including phenoxy) is 1. The van der Waals surface area contributed by atoms with Crippen LogP contribution in [0.15, 0.2) is 48.8 Å². The predicted molar refractivity (Wildman–Crippen MR) is 104 cm³/mol. The normalized spacial score (nSPS) is 15.5. The minimum Gasteiger partial charge on any atom is -0.499 e. The maximum atomic E-state index is 11.1. The van der Waals surface area contributed by atoms with Gasteiger partial charge in [-0.25, -0.2) is 4.79 Å². The fourth-order valence-electron chi connectivity index (χ4n) is 3.37. The first kappa shape index (κ1) is 21.0. The second kappa shape index (κ2) is 10.1. The molecule has 0 atom stereocenters. The van der Waals surface area contributed by atoms with E-state index in [1.54, 1.807) is 6.07 Å². The number of carbonyl (C=O) groups is 1. The lowest BCUT2D eigenvalue weighted by Gasteiger charge is -2.39. The maximum absolute atomic E-state index is 11.1. The maximum Gasteiger partial charge on any atom is 0.335 e. The van der Waals surface area contributed by atoms with E-state index < -0.39 is 5.97 Å². The molecular weight excluding hydrogens is 312 g/mol. The largest absolute Gasteiger partial charge is 0.499 e. The quantitative estimate of drug-likeness (QED) is 0.500. The van der Waals surface area contributed by atoms with E-state index in [4.69, 9.17) is 9.84 Å². The Bertz CT molecular complexity index is 595. The first-order valence-electron chi connectivity index (χ1n) is 9.17. The molecule has 138 valence electrons. The van der Waals surface area contributed by atoms with Gasteiger partial charge in [0, 0.05) is 11.8 Å². The Morgan fingerprint density at radius 3 is 2.28 bits per heavy atom. The SMILES string of the molecule is C=C(C)C1(c2cccc(C(=O)O)c2)CCCCC1.C=C(CC)OCC. The van der Waals surface area contributed by atoms with Crippen LogP contribution in [-0.4, -0.2) is 17.7 Å². The van der Waals surface area contributed by atoms with Crippen molar-refractivity contribution in [1.29, 1.82) is 0 Å². The highest BCUT2D eigenvalue weighted by Gasteiger charge is 2.34. The highest BCUT2D eigenvalue weighted by molar-refractivity contribution is 5.87. The Balaban J connectivity index is 0.000000381. The van der Waals surface area contributed by atoms with Crippen molar-refractivity contribution in [2.75, 3.05) is 6.61 Å². The Morgan fingerprint density at radius 1 is 1.20 bits per heavy atom. The molecule has 0 bridgehead atoms. The molecule has 0 amide bonds. The molecule has 0 heterocycles.